The van der Waals surface area contributed by atoms with Crippen LogP contribution < -0.4 is 10.1 Å². The van der Waals surface area contributed by atoms with Crippen molar-refractivity contribution in [2.45, 2.75) is 31.4 Å². The third-order valence-electron chi connectivity index (χ3n) is 4.83. The molecule has 0 saturated carbocycles. The number of rotatable bonds is 6. The summed E-state index contributed by atoms with van der Waals surface area (Å²) in [5.74, 6) is -1.48. The third-order valence-corrected chi connectivity index (χ3v) is 4.83. The molecule has 0 aliphatic carbocycles. The molecule has 4 rings (SSSR count). The number of carbonyl (C=O) groups is 1. The van der Waals surface area contributed by atoms with E-state index in [1.807, 2.05) is 0 Å². The molecular weight excluding hydrogens is 431 g/mol. The fourth-order valence-electron chi connectivity index (χ4n) is 3.50. The Kier molecular flexibility index (Phi) is 5.67. The fourth-order valence-corrected chi connectivity index (χ4v) is 3.50. The van der Waals surface area contributed by atoms with Crippen LogP contribution in [0.2, 0.25) is 0 Å². The van der Waals surface area contributed by atoms with Gasteiger partial charge in [0.05, 0.1) is 30.5 Å². The van der Waals surface area contributed by atoms with Gasteiger partial charge >= 0.3 is 12.3 Å². The zero-order chi connectivity index (χ0) is 22.7. The SMILES string of the molecule is N#CN1C[C@H](NC(=O)c2ncc(-c3ccccc3OC(F)(F)F)o2)C[C@H]1Cn1ccnn1. The number of nitrogens with one attached hydrogen (secondary N) is 1. The highest BCUT2D eigenvalue weighted by Gasteiger charge is 2.34. The van der Waals surface area contributed by atoms with Crippen molar-refractivity contribution in [3.05, 3.63) is 48.7 Å². The number of ether oxygens (including phenoxy) is 1. The number of alkyl halides is 3. The molecule has 13 heteroatoms. The molecule has 0 radical (unpaired) electrons. The second-order valence-electron chi connectivity index (χ2n) is 7.01. The van der Waals surface area contributed by atoms with E-state index in [9.17, 15) is 23.2 Å². The number of oxazole rings is 1. The Morgan fingerprint density at radius 2 is 2.19 bits per heavy atom. The van der Waals surface area contributed by atoms with Crippen LogP contribution in [0.4, 0.5) is 13.2 Å². The van der Waals surface area contributed by atoms with Crippen LogP contribution >= 0.6 is 0 Å². The summed E-state index contributed by atoms with van der Waals surface area (Å²) >= 11 is 0. The second-order valence-corrected chi connectivity index (χ2v) is 7.01. The Morgan fingerprint density at radius 1 is 1.38 bits per heavy atom. The topological polar surface area (TPSA) is 122 Å². The number of nitrogens with zero attached hydrogens (tertiary/aromatic N) is 6. The molecule has 166 valence electrons. The highest BCUT2D eigenvalue weighted by Crippen LogP contribution is 2.34. The predicted octanol–water partition coefficient (Wildman–Crippen LogP) is 2.19. The van der Waals surface area contributed by atoms with Crippen molar-refractivity contribution in [1.29, 1.82) is 5.26 Å². The molecule has 0 bridgehead atoms. The van der Waals surface area contributed by atoms with E-state index in [0.717, 1.165) is 12.3 Å². The molecule has 2 atom stereocenters. The molecule has 1 N–H and O–H groups in total. The molecule has 3 heterocycles. The minimum Gasteiger partial charge on any atom is -0.432 e. The molecule has 32 heavy (non-hydrogen) atoms. The molecular formula is C19H16F3N7O3. The van der Waals surface area contributed by atoms with Crippen LogP contribution in [-0.2, 0) is 6.54 Å². The van der Waals surface area contributed by atoms with E-state index in [-0.39, 0.29) is 35.8 Å². The van der Waals surface area contributed by atoms with Gasteiger partial charge in [-0.3, -0.25) is 9.48 Å². The maximum absolute atomic E-state index is 12.6. The van der Waals surface area contributed by atoms with Crippen LogP contribution in [0, 0.1) is 11.5 Å². The minimum absolute atomic E-state index is 0.000734. The quantitative estimate of drug-likeness (QED) is 0.571. The van der Waals surface area contributed by atoms with Gasteiger partial charge in [0.25, 0.3) is 5.89 Å². The van der Waals surface area contributed by atoms with Crippen molar-refractivity contribution < 1.29 is 27.1 Å². The minimum atomic E-state index is -4.88. The maximum Gasteiger partial charge on any atom is 0.573 e. The van der Waals surface area contributed by atoms with Gasteiger partial charge in [0.2, 0.25) is 0 Å². The number of hydrogen-bond acceptors (Lipinski definition) is 8. The number of carbonyl (C=O) groups excluding carboxylic acids is 1. The highest BCUT2D eigenvalue weighted by molar-refractivity contribution is 5.90. The van der Waals surface area contributed by atoms with Crippen molar-refractivity contribution >= 4 is 5.91 Å². The average molecular weight is 447 g/mol. The smallest absolute Gasteiger partial charge is 0.432 e. The molecule has 0 unspecified atom stereocenters. The van der Waals surface area contributed by atoms with Gasteiger partial charge in [0.1, 0.15) is 5.75 Å². The molecule has 3 aromatic rings. The molecule has 1 aliphatic heterocycles. The Morgan fingerprint density at radius 3 is 2.91 bits per heavy atom. The van der Waals surface area contributed by atoms with Crippen LogP contribution in [0.15, 0.2) is 47.3 Å². The summed E-state index contributed by atoms with van der Waals surface area (Å²) < 4.78 is 48.9. The number of nitriles is 1. The van der Waals surface area contributed by atoms with Gasteiger partial charge in [-0.15, -0.1) is 18.3 Å². The highest BCUT2D eigenvalue weighted by atomic mass is 19.4. The lowest BCUT2D eigenvalue weighted by molar-refractivity contribution is -0.274. The van der Waals surface area contributed by atoms with Gasteiger partial charge in [-0.25, -0.2) is 4.98 Å². The number of halogens is 3. The van der Waals surface area contributed by atoms with E-state index in [1.165, 1.54) is 24.4 Å². The van der Waals surface area contributed by atoms with Crippen LogP contribution in [0.25, 0.3) is 11.3 Å². The number of amides is 1. The van der Waals surface area contributed by atoms with Gasteiger partial charge in [0.15, 0.2) is 12.0 Å². The van der Waals surface area contributed by atoms with E-state index >= 15 is 0 Å². The zero-order valence-electron chi connectivity index (χ0n) is 16.4. The summed E-state index contributed by atoms with van der Waals surface area (Å²) in [5, 5.41) is 19.7. The standard InChI is InChI=1S/C19H16F3N7O3/c20-19(21,22)32-15-4-2-1-3-14(15)16-8-24-18(31-16)17(30)26-12-7-13(28(9-12)11-23)10-29-6-5-25-27-29/h1-6,8,12-13H,7,9-10H2,(H,26,30)/t12-,13+/m1/s1. The molecule has 2 aromatic heterocycles. The van der Waals surface area contributed by atoms with E-state index in [2.05, 4.69) is 31.5 Å². The molecule has 1 aliphatic rings. The molecule has 1 aromatic carbocycles. The summed E-state index contributed by atoms with van der Waals surface area (Å²) in [6.45, 7) is 0.719. The Bertz CT molecular complexity index is 1120. The first-order chi connectivity index (χ1) is 15.3. The monoisotopic (exact) mass is 447 g/mol. The second kappa shape index (κ2) is 8.58. The van der Waals surface area contributed by atoms with Crippen LogP contribution in [0.5, 0.6) is 5.75 Å². The van der Waals surface area contributed by atoms with E-state index < -0.39 is 18.0 Å². The van der Waals surface area contributed by atoms with Crippen LogP contribution in [0.1, 0.15) is 17.1 Å². The Hall–Kier alpha value is -4.08. The fraction of sp³-hybridized carbons (Fsp3) is 0.316. The van der Waals surface area contributed by atoms with Gasteiger partial charge in [-0.2, -0.15) is 5.26 Å². The first kappa shape index (κ1) is 21.2. The molecule has 1 amide bonds. The lowest BCUT2D eigenvalue weighted by Gasteiger charge is -2.16. The summed E-state index contributed by atoms with van der Waals surface area (Å²) in [5.41, 5.74) is 0.000734. The average Bonchev–Trinajstić information content (AvgIpc) is 3.48. The zero-order valence-corrected chi connectivity index (χ0v) is 16.4. The van der Waals surface area contributed by atoms with Crippen LogP contribution in [0.3, 0.4) is 0 Å². The number of likely N-dealkylation sites (tertiary alicyclic amines) is 1. The summed E-state index contributed by atoms with van der Waals surface area (Å²) in [4.78, 5) is 18.0. The number of para-hydroxylation sites is 1. The molecule has 1 saturated heterocycles. The maximum atomic E-state index is 12.6. The summed E-state index contributed by atoms with van der Waals surface area (Å²) in [7, 11) is 0. The van der Waals surface area contributed by atoms with Gasteiger partial charge in [-0.1, -0.05) is 17.3 Å². The first-order valence-electron chi connectivity index (χ1n) is 9.44. The predicted molar refractivity (Wildman–Crippen MR) is 101 cm³/mol. The molecule has 0 spiro atoms. The van der Waals surface area contributed by atoms with E-state index in [1.54, 1.807) is 15.8 Å². The lowest BCUT2D eigenvalue weighted by atomic mass is 10.1. The van der Waals surface area contributed by atoms with Gasteiger partial charge in [0, 0.05) is 18.8 Å². The number of aromatic nitrogens is 4. The molecule has 1 fully saturated rings. The third kappa shape index (κ3) is 4.80. The Labute approximate surface area is 179 Å². The molecule has 10 nitrogen and oxygen atoms in total. The normalized spacial score (nSPS) is 18.4. The largest absolute Gasteiger partial charge is 0.573 e. The lowest BCUT2D eigenvalue weighted by Crippen LogP contribution is -2.36. The summed E-state index contributed by atoms with van der Waals surface area (Å²) in [6, 6.07) is 4.84. The van der Waals surface area contributed by atoms with E-state index in [4.69, 9.17) is 4.42 Å². The van der Waals surface area contributed by atoms with Crippen molar-refractivity contribution in [2.75, 3.05) is 6.54 Å². The number of benzene rings is 1. The van der Waals surface area contributed by atoms with Gasteiger partial charge < -0.3 is 19.4 Å². The van der Waals surface area contributed by atoms with Gasteiger partial charge in [-0.05, 0) is 18.6 Å². The number of hydrogen-bond donors (Lipinski definition) is 1. The van der Waals surface area contributed by atoms with Crippen LogP contribution in [-0.4, -0.2) is 55.8 Å². The van der Waals surface area contributed by atoms with Crippen molar-refractivity contribution in [3.8, 4) is 23.3 Å². The van der Waals surface area contributed by atoms with Crippen molar-refractivity contribution in [1.82, 2.24) is 30.2 Å². The Balaban J connectivity index is 1.43. The summed E-state index contributed by atoms with van der Waals surface area (Å²) in [6.07, 6.45) is 2.05. The van der Waals surface area contributed by atoms with E-state index in [0.29, 0.717) is 13.0 Å². The first-order valence-corrected chi connectivity index (χ1v) is 9.44. The van der Waals surface area contributed by atoms with Crippen molar-refractivity contribution in [2.24, 2.45) is 0 Å². The van der Waals surface area contributed by atoms with Crippen molar-refractivity contribution in [3.63, 3.8) is 0 Å².